The van der Waals surface area contributed by atoms with E-state index >= 15 is 0 Å². The zero-order valence-corrected chi connectivity index (χ0v) is 10.5. The highest BCUT2D eigenvalue weighted by molar-refractivity contribution is 5.83. The van der Waals surface area contributed by atoms with E-state index in [9.17, 15) is 44.7 Å². The quantitative estimate of drug-likeness (QED) is 0.783. The maximum Gasteiger partial charge on any atom is 0.471 e. The van der Waals surface area contributed by atoms with Gasteiger partial charge in [-0.15, -0.1) is 0 Å². The molecule has 1 amide bonds. The highest BCUT2D eigenvalue weighted by atomic mass is 19.4. The Morgan fingerprint density at radius 1 is 0.955 bits per heavy atom. The number of carbonyl (C=O) groups is 2. The van der Waals surface area contributed by atoms with Gasteiger partial charge in [-0.1, -0.05) is 0 Å². The molecule has 0 aromatic rings. The summed E-state index contributed by atoms with van der Waals surface area (Å²) in [5.74, 6) is -14.6. The molecular formula is C10H9F8NO3. The second-order valence-corrected chi connectivity index (χ2v) is 4.80. The van der Waals surface area contributed by atoms with Crippen molar-refractivity contribution in [2.75, 3.05) is 13.1 Å². The Balaban J connectivity index is 3.11. The first-order valence-corrected chi connectivity index (χ1v) is 5.71. The molecule has 0 radical (unpaired) electrons. The molecule has 2 unspecified atom stereocenters. The minimum absolute atomic E-state index is 0.327. The van der Waals surface area contributed by atoms with Gasteiger partial charge >= 0.3 is 30.2 Å². The Bertz CT molecular complexity index is 458. The van der Waals surface area contributed by atoms with Crippen LogP contribution in [0.2, 0.25) is 0 Å². The number of likely N-dealkylation sites (tertiary alicyclic amines) is 1. The zero-order chi connectivity index (χ0) is 17.5. The van der Waals surface area contributed by atoms with Crippen LogP contribution in [-0.2, 0) is 9.59 Å². The molecule has 2 atom stereocenters. The number of piperidine rings is 1. The highest BCUT2D eigenvalue weighted by Gasteiger charge is 2.64. The molecule has 12 heteroatoms. The summed E-state index contributed by atoms with van der Waals surface area (Å²) < 4.78 is 100. The van der Waals surface area contributed by atoms with Crippen LogP contribution in [0.5, 0.6) is 0 Å². The van der Waals surface area contributed by atoms with Crippen molar-refractivity contribution in [3.05, 3.63) is 0 Å². The predicted octanol–water partition coefficient (Wildman–Crippen LogP) is 2.30. The lowest BCUT2D eigenvalue weighted by Crippen LogP contribution is -2.57. The monoisotopic (exact) mass is 343 g/mol. The number of halogens is 8. The van der Waals surface area contributed by atoms with E-state index < -0.39 is 61.5 Å². The van der Waals surface area contributed by atoms with E-state index in [-0.39, 0.29) is 4.90 Å². The van der Waals surface area contributed by atoms with Crippen LogP contribution >= 0.6 is 0 Å². The largest absolute Gasteiger partial charge is 0.481 e. The van der Waals surface area contributed by atoms with E-state index in [4.69, 9.17) is 5.11 Å². The van der Waals surface area contributed by atoms with Gasteiger partial charge in [-0.05, 0) is 6.42 Å². The molecule has 0 saturated carbocycles. The fraction of sp³-hybridized carbons (Fsp3) is 0.800. The number of alkyl halides is 8. The first-order chi connectivity index (χ1) is 9.68. The summed E-state index contributed by atoms with van der Waals surface area (Å²) in [6.45, 7) is -2.62. The molecule has 4 nitrogen and oxygen atoms in total. The molecule has 1 rings (SSSR count). The molecule has 0 aromatic heterocycles. The molecule has 0 aliphatic carbocycles. The van der Waals surface area contributed by atoms with Crippen LogP contribution < -0.4 is 0 Å². The molecule has 0 aromatic carbocycles. The third-order valence-corrected chi connectivity index (χ3v) is 3.22. The van der Waals surface area contributed by atoms with Crippen LogP contribution in [-0.4, -0.2) is 53.2 Å². The number of hydrogen-bond donors (Lipinski definition) is 1. The molecule has 1 aliphatic rings. The molecular weight excluding hydrogens is 334 g/mol. The van der Waals surface area contributed by atoms with Crippen molar-refractivity contribution in [1.82, 2.24) is 4.90 Å². The second kappa shape index (κ2) is 5.54. The van der Waals surface area contributed by atoms with Crippen molar-refractivity contribution >= 4 is 11.9 Å². The van der Waals surface area contributed by atoms with Gasteiger partial charge < -0.3 is 10.0 Å². The normalized spacial score (nSPS) is 24.3. The first kappa shape index (κ1) is 18.4. The SMILES string of the molecule is O=C(O)C1CC(C(F)(F)C(F)(F)F)CN(C(=O)C(F)(F)F)C1. The molecule has 1 N–H and O–H groups in total. The number of aliphatic carboxylic acids is 1. The van der Waals surface area contributed by atoms with E-state index in [1.807, 2.05) is 0 Å². The fourth-order valence-electron chi connectivity index (χ4n) is 2.12. The van der Waals surface area contributed by atoms with Crippen LogP contribution in [0.4, 0.5) is 35.1 Å². The number of amides is 1. The lowest BCUT2D eigenvalue weighted by Gasteiger charge is -2.39. The standard InChI is InChI=1S/C10H9F8NO3/c11-8(12,10(16,17)18)5-1-4(6(20)21)2-19(3-5)7(22)9(13,14)15/h4-5H,1-3H2,(H,20,21). The average molecular weight is 343 g/mol. The van der Waals surface area contributed by atoms with Gasteiger partial charge in [0.1, 0.15) is 0 Å². The number of carbonyl (C=O) groups excluding carboxylic acids is 1. The zero-order valence-electron chi connectivity index (χ0n) is 10.5. The summed E-state index contributed by atoms with van der Waals surface area (Å²) >= 11 is 0. The summed E-state index contributed by atoms with van der Waals surface area (Å²) in [5.41, 5.74) is 0. The minimum Gasteiger partial charge on any atom is -0.481 e. The molecule has 0 bridgehead atoms. The van der Waals surface area contributed by atoms with E-state index in [1.165, 1.54) is 0 Å². The van der Waals surface area contributed by atoms with Gasteiger partial charge in [0.25, 0.3) is 0 Å². The highest BCUT2D eigenvalue weighted by Crippen LogP contribution is 2.45. The van der Waals surface area contributed by atoms with Crippen LogP contribution in [0.3, 0.4) is 0 Å². The average Bonchev–Trinajstić information content (AvgIpc) is 2.34. The predicted molar refractivity (Wildman–Crippen MR) is 52.9 cm³/mol. The molecule has 1 aliphatic heterocycles. The Morgan fingerprint density at radius 3 is 1.82 bits per heavy atom. The number of rotatable bonds is 2. The Hall–Kier alpha value is -1.62. The Morgan fingerprint density at radius 2 is 1.45 bits per heavy atom. The second-order valence-electron chi connectivity index (χ2n) is 4.80. The van der Waals surface area contributed by atoms with Crippen LogP contribution in [0, 0.1) is 11.8 Å². The van der Waals surface area contributed by atoms with Gasteiger partial charge in [0.2, 0.25) is 0 Å². The molecule has 1 saturated heterocycles. The summed E-state index contributed by atoms with van der Waals surface area (Å²) in [7, 11) is 0. The van der Waals surface area contributed by atoms with E-state index in [0.29, 0.717) is 0 Å². The van der Waals surface area contributed by atoms with E-state index in [2.05, 4.69) is 0 Å². The summed E-state index contributed by atoms with van der Waals surface area (Å²) in [6, 6.07) is 0. The Labute approximate surface area is 117 Å². The molecule has 0 spiro atoms. The van der Waals surface area contributed by atoms with Crippen molar-refractivity contribution in [2.45, 2.75) is 24.7 Å². The van der Waals surface area contributed by atoms with Gasteiger partial charge in [-0.25, -0.2) is 0 Å². The van der Waals surface area contributed by atoms with Crippen LogP contribution in [0.15, 0.2) is 0 Å². The summed E-state index contributed by atoms with van der Waals surface area (Å²) in [6.07, 6.45) is -12.8. The van der Waals surface area contributed by atoms with Gasteiger partial charge in [-0.3, -0.25) is 9.59 Å². The maximum absolute atomic E-state index is 13.2. The first-order valence-electron chi connectivity index (χ1n) is 5.71. The van der Waals surface area contributed by atoms with Crippen molar-refractivity contribution in [3.63, 3.8) is 0 Å². The van der Waals surface area contributed by atoms with Crippen molar-refractivity contribution in [3.8, 4) is 0 Å². The number of carboxylic acids is 1. The lowest BCUT2D eigenvalue weighted by atomic mass is 9.84. The molecule has 1 heterocycles. The van der Waals surface area contributed by atoms with Gasteiger partial charge in [0.15, 0.2) is 0 Å². The van der Waals surface area contributed by atoms with Gasteiger partial charge in [0.05, 0.1) is 11.8 Å². The smallest absolute Gasteiger partial charge is 0.471 e. The third-order valence-electron chi connectivity index (χ3n) is 3.22. The van der Waals surface area contributed by atoms with E-state index in [1.54, 1.807) is 0 Å². The maximum atomic E-state index is 13.2. The van der Waals surface area contributed by atoms with Crippen LogP contribution in [0.1, 0.15) is 6.42 Å². The van der Waals surface area contributed by atoms with Gasteiger partial charge in [0, 0.05) is 13.1 Å². The fourth-order valence-corrected chi connectivity index (χ4v) is 2.12. The van der Waals surface area contributed by atoms with Crippen LogP contribution in [0.25, 0.3) is 0 Å². The third kappa shape index (κ3) is 3.58. The number of carboxylic acid groups (broad SMARTS) is 1. The lowest BCUT2D eigenvalue weighted by molar-refractivity contribution is -0.308. The van der Waals surface area contributed by atoms with Gasteiger partial charge in [-0.2, -0.15) is 35.1 Å². The number of nitrogens with zero attached hydrogens (tertiary/aromatic N) is 1. The minimum atomic E-state index is -6.06. The van der Waals surface area contributed by atoms with E-state index in [0.717, 1.165) is 0 Å². The van der Waals surface area contributed by atoms with Crippen molar-refractivity contribution in [1.29, 1.82) is 0 Å². The number of hydrogen-bond acceptors (Lipinski definition) is 2. The molecule has 1 fully saturated rings. The summed E-state index contributed by atoms with van der Waals surface area (Å²) in [5, 5.41) is 8.68. The van der Waals surface area contributed by atoms with Crippen molar-refractivity contribution < 1.29 is 49.8 Å². The Kier molecular flexibility index (Phi) is 4.64. The molecule has 128 valence electrons. The molecule has 22 heavy (non-hydrogen) atoms. The van der Waals surface area contributed by atoms with Crippen molar-refractivity contribution in [2.24, 2.45) is 11.8 Å². The summed E-state index contributed by atoms with van der Waals surface area (Å²) in [4.78, 5) is 21.4. The topological polar surface area (TPSA) is 57.6 Å².